The summed E-state index contributed by atoms with van der Waals surface area (Å²) in [6, 6.07) is 4.14. The molecule has 1 fully saturated rings. The standard InChI is InChI=1S/C15H18N4O/c1-10(2)19-9-12(6-14(19)20)15-17-8-13(18-15)11-4-3-5-16-7-11/h3-5,7-8,10,12H,6,9H2,1-2H3,(H,17,18). The van der Waals surface area contributed by atoms with Crippen LogP contribution in [0.5, 0.6) is 0 Å². The zero-order valence-corrected chi connectivity index (χ0v) is 11.7. The molecule has 1 saturated heterocycles. The predicted octanol–water partition coefficient (Wildman–Crippen LogP) is 2.20. The summed E-state index contributed by atoms with van der Waals surface area (Å²) in [6.07, 6.45) is 5.90. The van der Waals surface area contributed by atoms with Crippen LogP contribution < -0.4 is 0 Å². The third kappa shape index (κ3) is 2.31. The molecular weight excluding hydrogens is 252 g/mol. The van der Waals surface area contributed by atoms with Gasteiger partial charge >= 0.3 is 0 Å². The Bertz CT molecular complexity index is 605. The lowest BCUT2D eigenvalue weighted by atomic mass is 10.1. The molecule has 2 aromatic rings. The van der Waals surface area contributed by atoms with Crippen molar-refractivity contribution in [3.63, 3.8) is 0 Å². The van der Waals surface area contributed by atoms with E-state index in [4.69, 9.17) is 0 Å². The number of carbonyl (C=O) groups is 1. The van der Waals surface area contributed by atoms with Gasteiger partial charge in [-0.25, -0.2) is 4.98 Å². The molecule has 0 aromatic carbocycles. The minimum absolute atomic E-state index is 0.162. The number of imidazole rings is 1. The van der Waals surface area contributed by atoms with Crippen LogP contribution in [0.15, 0.2) is 30.7 Å². The monoisotopic (exact) mass is 270 g/mol. The molecule has 3 rings (SSSR count). The number of pyridine rings is 1. The Morgan fingerprint density at radius 2 is 2.25 bits per heavy atom. The van der Waals surface area contributed by atoms with Crippen molar-refractivity contribution < 1.29 is 4.79 Å². The van der Waals surface area contributed by atoms with E-state index in [2.05, 4.69) is 15.0 Å². The molecule has 0 bridgehead atoms. The number of nitrogens with one attached hydrogen (secondary N) is 1. The highest BCUT2D eigenvalue weighted by molar-refractivity contribution is 5.79. The summed E-state index contributed by atoms with van der Waals surface area (Å²) in [7, 11) is 0. The molecule has 1 aliphatic heterocycles. The smallest absolute Gasteiger partial charge is 0.223 e. The number of aromatic nitrogens is 3. The van der Waals surface area contributed by atoms with Crippen LogP contribution >= 0.6 is 0 Å². The molecule has 5 nitrogen and oxygen atoms in total. The maximum absolute atomic E-state index is 12.0. The highest BCUT2D eigenvalue weighted by Gasteiger charge is 2.33. The number of aromatic amines is 1. The quantitative estimate of drug-likeness (QED) is 0.930. The lowest BCUT2D eigenvalue weighted by Crippen LogP contribution is -2.31. The van der Waals surface area contributed by atoms with E-state index in [-0.39, 0.29) is 17.9 Å². The summed E-state index contributed by atoms with van der Waals surface area (Å²) < 4.78 is 0. The fourth-order valence-electron chi connectivity index (χ4n) is 2.63. The van der Waals surface area contributed by atoms with E-state index in [9.17, 15) is 4.79 Å². The molecule has 0 saturated carbocycles. The maximum Gasteiger partial charge on any atom is 0.223 e. The second-order valence-corrected chi connectivity index (χ2v) is 5.46. The van der Waals surface area contributed by atoms with Crippen LogP contribution in [0, 0.1) is 0 Å². The Morgan fingerprint density at radius 3 is 2.90 bits per heavy atom. The van der Waals surface area contributed by atoms with Gasteiger partial charge < -0.3 is 9.88 Å². The first-order chi connectivity index (χ1) is 9.65. The average molecular weight is 270 g/mol. The van der Waals surface area contributed by atoms with Gasteiger partial charge in [0.1, 0.15) is 5.82 Å². The Kier molecular flexibility index (Phi) is 3.26. The fraction of sp³-hybridized carbons (Fsp3) is 0.400. The van der Waals surface area contributed by atoms with Crippen LogP contribution in [0.1, 0.15) is 32.0 Å². The van der Waals surface area contributed by atoms with Crippen LogP contribution in [0.25, 0.3) is 11.3 Å². The molecule has 1 aliphatic rings. The molecule has 1 amide bonds. The first-order valence-electron chi connectivity index (χ1n) is 6.90. The molecule has 0 spiro atoms. The number of amides is 1. The third-order valence-corrected chi connectivity index (χ3v) is 3.74. The molecule has 2 aromatic heterocycles. The summed E-state index contributed by atoms with van der Waals surface area (Å²) in [6.45, 7) is 4.84. The first kappa shape index (κ1) is 12.8. The first-order valence-corrected chi connectivity index (χ1v) is 6.90. The van der Waals surface area contributed by atoms with Crippen LogP contribution in [0.3, 0.4) is 0 Å². The van der Waals surface area contributed by atoms with Gasteiger partial charge in [-0.05, 0) is 26.0 Å². The third-order valence-electron chi connectivity index (χ3n) is 3.74. The Labute approximate surface area is 118 Å². The lowest BCUT2D eigenvalue weighted by Gasteiger charge is -2.20. The van der Waals surface area contributed by atoms with Gasteiger partial charge in [-0.2, -0.15) is 0 Å². The lowest BCUT2D eigenvalue weighted by molar-refractivity contribution is -0.129. The SMILES string of the molecule is CC(C)N1CC(c2ncc(-c3cccnc3)[nH]2)CC1=O. The largest absolute Gasteiger partial charge is 0.342 e. The molecular formula is C15H18N4O. The summed E-state index contributed by atoms with van der Waals surface area (Å²) >= 11 is 0. The second kappa shape index (κ2) is 5.07. The van der Waals surface area contributed by atoms with Crippen molar-refractivity contribution in [2.24, 2.45) is 0 Å². The zero-order valence-electron chi connectivity index (χ0n) is 11.7. The molecule has 3 heterocycles. The Balaban J connectivity index is 1.80. The average Bonchev–Trinajstić information content (AvgIpc) is 3.06. The molecule has 104 valence electrons. The number of nitrogens with zero attached hydrogens (tertiary/aromatic N) is 3. The van der Waals surface area contributed by atoms with Crippen LogP contribution in [-0.2, 0) is 4.79 Å². The van der Waals surface area contributed by atoms with E-state index in [0.29, 0.717) is 6.42 Å². The van der Waals surface area contributed by atoms with Gasteiger partial charge in [0, 0.05) is 42.9 Å². The highest BCUT2D eigenvalue weighted by Crippen LogP contribution is 2.28. The van der Waals surface area contributed by atoms with Gasteiger partial charge in [0.15, 0.2) is 0 Å². The summed E-state index contributed by atoms with van der Waals surface area (Å²) in [5, 5.41) is 0. The summed E-state index contributed by atoms with van der Waals surface area (Å²) in [5.41, 5.74) is 1.96. The number of likely N-dealkylation sites (tertiary alicyclic amines) is 1. The maximum atomic E-state index is 12.0. The van der Waals surface area contributed by atoms with Crippen molar-refractivity contribution in [1.82, 2.24) is 19.9 Å². The number of H-pyrrole nitrogens is 1. The minimum atomic E-state index is 0.162. The molecule has 1 N–H and O–H groups in total. The molecule has 0 aliphatic carbocycles. The Morgan fingerprint density at radius 1 is 1.40 bits per heavy atom. The molecule has 1 atom stereocenters. The van der Waals surface area contributed by atoms with E-state index in [1.165, 1.54) is 0 Å². The highest BCUT2D eigenvalue weighted by atomic mass is 16.2. The zero-order chi connectivity index (χ0) is 14.1. The van der Waals surface area contributed by atoms with Gasteiger partial charge in [0.25, 0.3) is 0 Å². The second-order valence-electron chi connectivity index (χ2n) is 5.46. The minimum Gasteiger partial charge on any atom is -0.342 e. The normalized spacial score (nSPS) is 19.1. The summed E-state index contributed by atoms with van der Waals surface area (Å²) in [5.74, 6) is 1.26. The Hall–Kier alpha value is -2.17. The van der Waals surface area contributed by atoms with Gasteiger partial charge in [-0.3, -0.25) is 9.78 Å². The van der Waals surface area contributed by atoms with Crippen molar-refractivity contribution in [2.75, 3.05) is 6.54 Å². The van der Waals surface area contributed by atoms with Gasteiger partial charge in [0.2, 0.25) is 5.91 Å². The van der Waals surface area contributed by atoms with Gasteiger partial charge in [-0.1, -0.05) is 0 Å². The molecule has 5 heteroatoms. The molecule has 1 unspecified atom stereocenters. The molecule has 0 radical (unpaired) electrons. The topological polar surface area (TPSA) is 61.9 Å². The number of rotatable bonds is 3. The predicted molar refractivity (Wildman–Crippen MR) is 76.0 cm³/mol. The van der Waals surface area contributed by atoms with Crippen molar-refractivity contribution >= 4 is 5.91 Å². The van der Waals surface area contributed by atoms with Crippen molar-refractivity contribution in [3.8, 4) is 11.3 Å². The van der Waals surface area contributed by atoms with E-state index >= 15 is 0 Å². The fourth-order valence-corrected chi connectivity index (χ4v) is 2.63. The van der Waals surface area contributed by atoms with Crippen molar-refractivity contribution in [2.45, 2.75) is 32.2 Å². The molecule has 20 heavy (non-hydrogen) atoms. The van der Waals surface area contributed by atoms with Gasteiger partial charge in [-0.15, -0.1) is 0 Å². The van der Waals surface area contributed by atoms with Crippen LogP contribution in [-0.4, -0.2) is 38.3 Å². The van der Waals surface area contributed by atoms with Gasteiger partial charge in [0.05, 0.1) is 11.9 Å². The number of carbonyl (C=O) groups excluding carboxylic acids is 1. The van der Waals surface area contributed by atoms with E-state index in [0.717, 1.165) is 23.6 Å². The number of hydrogen-bond acceptors (Lipinski definition) is 3. The van der Waals surface area contributed by atoms with Crippen molar-refractivity contribution in [1.29, 1.82) is 0 Å². The summed E-state index contributed by atoms with van der Waals surface area (Å²) in [4.78, 5) is 25.7. The number of hydrogen-bond donors (Lipinski definition) is 1. The van der Waals surface area contributed by atoms with Crippen LogP contribution in [0.2, 0.25) is 0 Å². The van der Waals surface area contributed by atoms with Crippen LogP contribution in [0.4, 0.5) is 0 Å². The van der Waals surface area contributed by atoms with E-state index < -0.39 is 0 Å². The van der Waals surface area contributed by atoms with Crippen molar-refractivity contribution in [3.05, 3.63) is 36.5 Å². The van der Waals surface area contributed by atoms with E-state index in [1.807, 2.05) is 37.1 Å². The van der Waals surface area contributed by atoms with E-state index in [1.54, 1.807) is 12.4 Å².